The molecule has 1 atom stereocenters. The highest BCUT2D eigenvalue weighted by molar-refractivity contribution is 7.09. The minimum absolute atomic E-state index is 0.0332. The average Bonchev–Trinajstić information content (AvgIpc) is 3.23. The van der Waals surface area contributed by atoms with Crippen LogP contribution in [0, 0.1) is 11.3 Å². The number of thiophene rings is 1. The lowest BCUT2D eigenvalue weighted by Gasteiger charge is -2.42. The molecule has 1 N–H and O–H groups in total. The van der Waals surface area contributed by atoms with Crippen LogP contribution >= 0.6 is 11.3 Å². The second-order valence-electron chi connectivity index (χ2n) is 7.84. The molecule has 1 unspecified atom stereocenters. The Morgan fingerprint density at radius 2 is 2.16 bits per heavy atom. The van der Waals surface area contributed by atoms with Crippen molar-refractivity contribution in [3.05, 3.63) is 22.4 Å². The Kier molecular flexibility index (Phi) is 4.71. The van der Waals surface area contributed by atoms with Crippen LogP contribution in [0.2, 0.25) is 0 Å². The van der Waals surface area contributed by atoms with E-state index < -0.39 is 0 Å². The third-order valence-corrected chi connectivity index (χ3v) is 7.04. The van der Waals surface area contributed by atoms with E-state index in [9.17, 15) is 9.59 Å². The summed E-state index contributed by atoms with van der Waals surface area (Å²) in [6.07, 6.45) is 6.68. The molecule has 1 aromatic heterocycles. The zero-order chi connectivity index (χ0) is 17.3. The Bertz CT molecular complexity index is 629. The van der Waals surface area contributed by atoms with Crippen LogP contribution in [0.3, 0.4) is 0 Å². The first-order chi connectivity index (χ1) is 12.2. The first-order valence-corrected chi connectivity index (χ1v) is 10.4. The van der Waals surface area contributed by atoms with Crippen LogP contribution < -0.4 is 5.32 Å². The number of urea groups is 1. The van der Waals surface area contributed by atoms with Crippen LogP contribution in [-0.2, 0) is 11.3 Å². The van der Waals surface area contributed by atoms with E-state index in [0.717, 1.165) is 37.2 Å². The Labute approximate surface area is 153 Å². The molecule has 25 heavy (non-hydrogen) atoms. The lowest BCUT2D eigenvalue weighted by molar-refractivity contribution is -0.146. The fraction of sp³-hybridized carbons (Fsp3) is 0.684. The standard InChI is InChI=1S/C19H27N3O2S/c23-17-19(7-3-9-21(17)13-15-4-1-5-15)8-10-22(14-19)18(24)20-12-16-6-2-11-25-16/h2,6,11,15H,1,3-5,7-10,12-14H2,(H,20,24). The number of amides is 3. The molecule has 0 bridgehead atoms. The van der Waals surface area contributed by atoms with Crippen molar-refractivity contribution in [3.63, 3.8) is 0 Å². The predicted octanol–water partition coefficient (Wildman–Crippen LogP) is 3.07. The lowest BCUT2D eigenvalue weighted by Crippen LogP contribution is -2.52. The molecule has 2 aliphatic heterocycles. The molecule has 5 nitrogen and oxygen atoms in total. The van der Waals surface area contributed by atoms with E-state index in [1.165, 1.54) is 19.3 Å². The highest BCUT2D eigenvalue weighted by Crippen LogP contribution is 2.41. The number of piperidine rings is 1. The van der Waals surface area contributed by atoms with Gasteiger partial charge >= 0.3 is 6.03 Å². The molecule has 3 heterocycles. The number of hydrogen-bond acceptors (Lipinski definition) is 3. The smallest absolute Gasteiger partial charge is 0.317 e. The minimum Gasteiger partial charge on any atom is -0.342 e. The summed E-state index contributed by atoms with van der Waals surface area (Å²) in [5.41, 5.74) is -0.317. The van der Waals surface area contributed by atoms with E-state index >= 15 is 0 Å². The van der Waals surface area contributed by atoms with Gasteiger partial charge < -0.3 is 15.1 Å². The third-order valence-electron chi connectivity index (χ3n) is 6.16. The van der Waals surface area contributed by atoms with Crippen molar-refractivity contribution in [2.45, 2.75) is 45.1 Å². The molecule has 4 rings (SSSR count). The summed E-state index contributed by atoms with van der Waals surface area (Å²) in [5.74, 6) is 1.02. The summed E-state index contributed by atoms with van der Waals surface area (Å²) in [6.45, 7) is 3.69. The SMILES string of the molecule is O=C(NCc1cccs1)N1CCC2(CCCN(CC3CCC3)C2=O)C1. The second-order valence-corrected chi connectivity index (χ2v) is 8.87. The molecule has 136 valence electrons. The summed E-state index contributed by atoms with van der Waals surface area (Å²) in [5, 5.41) is 5.02. The van der Waals surface area contributed by atoms with E-state index in [1.54, 1.807) is 11.3 Å². The molecule has 1 aliphatic carbocycles. The van der Waals surface area contributed by atoms with E-state index in [1.807, 2.05) is 22.4 Å². The fourth-order valence-electron chi connectivity index (χ4n) is 4.43. The number of nitrogens with one attached hydrogen (secondary N) is 1. The zero-order valence-electron chi connectivity index (χ0n) is 14.7. The summed E-state index contributed by atoms with van der Waals surface area (Å²) < 4.78 is 0. The van der Waals surface area contributed by atoms with Gasteiger partial charge in [-0.3, -0.25) is 4.79 Å². The number of nitrogens with zero attached hydrogens (tertiary/aromatic N) is 2. The number of rotatable bonds is 4. The van der Waals surface area contributed by atoms with Crippen LogP contribution in [0.1, 0.15) is 43.4 Å². The van der Waals surface area contributed by atoms with Gasteiger partial charge in [-0.15, -0.1) is 11.3 Å². The van der Waals surface area contributed by atoms with Crippen LogP contribution in [-0.4, -0.2) is 47.9 Å². The molecule has 0 aromatic carbocycles. The largest absolute Gasteiger partial charge is 0.342 e. The van der Waals surface area contributed by atoms with Crippen LogP contribution in [0.25, 0.3) is 0 Å². The Hall–Kier alpha value is -1.56. The van der Waals surface area contributed by atoms with Gasteiger partial charge in [0.2, 0.25) is 5.91 Å². The molecule has 1 saturated carbocycles. The highest BCUT2D eigenvalue weighted by Gasteiger charge is 2.49. The molecule has 3 fully saturated rings. The van der Waals surface area contributed by atoms with Crippen molar-refractivity contribution in [3.8, 4) is 0 Å². The van der Waals surface area contributed by atoms with E-state index in [0.29, 0.717) is 31.5 Å². The summed E-state index contributed by atoms with van der Waals surface area (Å²) >= 11 is 1.65. The van der Waals surface area contributed by atoms with Crippen LogP contribution in [0.4, 0.5) is 4.79 Å². The van der Waals surface area contributed by atoms with Crippen molar-refractivity contribution in [2.24, 2.45) is 11.3 Å². The van der Waals surface area contributed by atoms with Crippen molar-refractivity contribution < 1.29 is 9.59 Å². The van der Waals surface area contributed by atoms with Crippen LogP contribution in [0.5, 0.6) is 0 Å². The maximum absolute atomic E-state index is 13.1. The van der Waals surface area contributed by atoms with Gasteiger partial charge in [0, 0.05) is 31.1 Å². The zero-order valence-corrected chi connectivity index (χ0v) is 15.5. The summed E-state index contributed by atoms with van der Waals surface area (Å²) in [6, 6.07) is 3.99. The van der Waals surface area contributed by atoms with Gasteiger partial charge in [0.25, 0.3) is 0 Å². The number of carbonyl (C=O) groups excluding carboxylic acids is 2. The van der Waals surface area contributed by atoms with Gasteiger partial charge in [0.15, 0.2) is 0 Å². The Morgan fingerprint density at radius 3 is 2.88 bits per heavy atom. The van der Waals surface area contributed by atoms with Crippen molar-refractivity contribution in [1.29, 1.82) is 0 Å². The summed E-state index contributed by atoms with van der Waals surface area (Å²) in [4.78, 5) is 30.7. The van der Waals surface area contributed by atoms with Gasteiger partial charge in [-0.1, -0.05) is 12.5 Å². The molecular formula is C19H27N3O2S. The molecule has 2 saturated heterocycles. The van der Waals surface area contributed by atoms with Crippen molar-refractivity contribution >= 4 is 23.3 Å². The summed E-state index contributed by atoms with van der Waals surface area (Å²) in [7, 11) is 0. The van der Waals surface area contributed by atoms with Crippen molar-refractivity contribution in [2.75, 3.05) is 26.2 Å². The second kappa shape index (κ2) is 6.98. The topological polar surface area (TPSA) is 52.7 Å². The van der Waals surface area contributed by atoms with E-state index in [4.69, 9.17) is 0 Å². The molecule has 6 heteroatoms. The third kappa shape index (κ3) is 3.41. The number of carbonyl (C=O) groups is 2. The van der Waals surface area contributed by atoms with E-state index in [2.05, 4.69) is 10.2 Å². The first kappa shape index (κ1) is 16.9. The fourth-order valence-corrected chi connectivity index (χ4v) is 5.07. The monoisotopic (exact) mass is 361 g/mol. The molecule has 0 radical (unpaired) electrons. The quantitative estimate of drug-likeness (QED) is 0.896. The van der Waals surface area contributed by atoms with Crippen LogP contribution in [0.15, 0.2) is 17.5 Å². The first-order valence-electron chi connectivity index (χ1n) is 9.51. The van der Waals surface area contributed by atoms with Gasteiger partial charge in [0.1, 0.15) is 0 Å². The Morgan fingerprint density at radius 1 is 1.28 bits per heavy atom. The highest BCUT2D eigenvalue weighted by atomic mass is 32.1. The number of hydrogen-bond donors (Lipinski definition) is 1. The van der Waals surface area contributed by atoms with E-state index in [-0.39, 0.29) is 11.4 Å². The molecule has 1 spiro atoms. The van der Waals surface area contributed by atoms with Gasteiger partial charge in [0.05, 0.1) is 12.0 Å². The van der Waals surface area contributed by atoms with Gasteiger partial charge in [-0.2, -0.15) is 0 Å². The predicted molar refractivity (Wildman–Crippen MR) is 98.3 cm³/mol. The maximum atomic E-state index is 13.1. The normalized spacial score (nSPS) is 27.0. The molecule has 1 aromatic rings. The molecular weight excluding hydrogens is 334 g/mol. The lowest BCUT2D eigenvalue weighted by atomic mass is 9.77. The Balaban J connectivity index is 1.34. The average molecular weight is 362 g/mol. The van der Waals surface area contributed by atoms with Crippen molar-refractivity contribution in [1.82, 2.24) is 15.1 Å². The minimum atomic E-state index is -0.317. The maximum Gasteiger partial charge on any atom is 0.317 e. The molecule has 3 amide bonds. The number of likely N-dealkylation sites (tertiary alicyclic amines) is 2. The van der Waals surface area contributed by atoms with Gasteiger partial charge in [-0.05, 0) is 49.5 Å². The molecule has 3 aliphatic rings. The van der Waals surface area contributed by atoms with Gasteiger partial charge in [-0.25, -0.2) is 4.79 Å².